The minimum Gasteiger partial charge on any atom is -0.351 e. The minimum absolute atomic E-state index is 0.00317. The van der Waals surface area contributed by atoms with Gasteiger partial charge in [0.1, 0.15) is 51.7 Å². The summed E-state index contributed by atoms with van der Waals surface area (Å²) in [4.78, 5) is 130. The molecule has 4 amide bonds. The van der Waals surface area contributed by atoms with E-state index >= 15 is 0 Å². The predicted molar refractivity (Wildman–Crippen MR) is 529 cm³/mol. The number of amides is 4. The van der Waals surface area contributed by atoms with E-state index in [-0.39, 0.29) is 29.0 Å². The van der Waals surface area contributed by atoms with Gasteiger partial charge in [-0.2, -0.15) is 0 Å². The summed E-state index contributed by atoms with van der Waals surface area (Å²) in [5.74, 6) is 1.39. The Morgan fingerprint density at radius 3 is 1.15 bits per heavy atom. The number of hydrogen-bond donors (Lipinski definition) is 10. The number of hydrogen-bond acceptors (Lipinski definition) is 24. The smallest absolute Gasteiger partial charge is 0.270 e. The van der Waals surface area contributed by atoms with E-state index < -0.39 is 6.17 Å². The van der Waals surface area contributed by atoms with Crippen molar-refractivity contribution in [3.63, 3.8) is 0 Å². The lowest BCUT2D eigenvalue weighted by atomic mass is 9.79. The number of carbonyl (C=O) groups is 4. The zero-order chi connectivity index (χ0) is 95.0. The summed E-state index contributed by atoms with van der Waals surface area (Å²) in [5.41, 5.74) is 14.0. The number of piperazine rings is 1. The van der Waals surface area contributed by atoms with Crippen molar-refractivity contribution in [1.29, 1.82) is 0 Å². The molecule has 20 rings (SSSR count). The average Bonchev–Trinajstić information content (AvgIpc) is 1.61. The number of carbonyl (C=O) groups excluding carboxylic acids is 4. The number of aromatic nitrogens is 20. The van der Waals surface area contributed by atoms with E-state index in [9.17, 15) is 23.6 Å². The van der Waals surface area contributed by atoms with Crippen molar-refractivity contribution in [2.24, 2.45) is 33.6 Å². The molecule has 1 spiro atoms. The molecule has 10 N–H and O–H groups in total. The molecule has 36 nitrogen and oxygen atoms in total. The first-order valence-corrected chi connectivity index (χ1v) is 46.4. The fourth-order valence-corrected chi connectivity index (χ4v) is 18.2. The van der Waals surface area contributed by atoms with Gasteiger partial charge in [-0.15, -0.1) is 0 Å². The molecule has 16 aromatic rings. The van der Waals surface area contributed by atoms with Crippen LogP contribution in [0.2, 0.25) is 20.1 Å². The third-order valence-corrected chi connectivity index (χ3v) is 25.2. The Morgan fingerprint density at radius 1 is 0.449 bits per heavy atom. The normalized spacial score (nSPS) is 15.0. The Morgan fingerprint density at radius 2 is 0.809 bits per heavy atom. The van der Waals surface area contributed by atoms with Gasteiger partial charge >= 0.3 is 0 Å². The van der Waals surface area contributed by atoms with E-state index in [0.29, 0.717) is 127 Å². The summed E-state index contributed by atoms with van der Waals surface area (Å²) in [6, 6.07) is 29.8. The maximum absolute atomic E-state index is 13.3. The number of rotatable bonds is 26. The lowest BCUT2D eigenvalue weighted by Crippen LogP contribution is -2.57. The number of halogens is 5. The Balaban J connectivity index is 0.000000126. The van der Waals surface area contributed by atoms with Gasteiger partial charge in [-0.1, -0.05) is 53.3 Å². The van der Waals surface area contributed by atoms with Crippen molar-refractivity contribution < 1.29 is 23.6 Å². The van der Waals surface area contributed by atoms with Gasteiger partial charge in [0.05, 0.1) is 90.2 Å². The van der Waals surface area contributed by atoms with Crippen LogP contribution in [0, 0.1) is 5.41 Å². The SMILES string of the molecule is CC(C)N1CCN(C(=O)c2cc3cc(Nc4nccc(-c5cn(C)cn5)n4)cc(Cl)c3[nH]2)CC1.CCN1CC2(CCN(C(=O)c3cc4cc(Nc5nccc(-c6cn(C)cn6)n5)cc(Cl)c4[nH]3)C2)C1.CN(C)CCCNC(=O)c1cc2cc(Nc3nccc(-c4cn(C)cn4)n3)cc(Cl)c2[nH]1.Cn1cnc(-c2ccnc(Nc3cc(Cl)c4[nH]c(C(=O)NCCCN5CC[C@@H](F)C5)cc4c3)n2)c1. The molecule has 16 heterocycles. The molecule has 4 saturated heterocycles. The van der Waals surface area contributed by atoms with Crippen molar-refractivity contribution in [3.8, 4) is 45.6 Å². The summed E-state index contributed by atoms with van der Waals surface area (Å²) in [6.07, 6.45) is 23.8. The molecule has 0 saturated carbocycles. The highest BCUT2D eigenvalue weighted by atomic mass is 35.5. The second kappa shape index (κ2) is 41.6. The summed E-state index contributed by atoms with van der Waals surface area (Å²) >= 11 is 26.1. The number of fused-ring (bicyclic) bond motifs is 4. The number of aryl methyl sites for hydroxylation is 4. The second-order valence-corrected chi connectivity index (χ2v) is 36.7. The summed E-state index contributed by atoms with van der Waals surface area (Å²) < 4.78 is 20.7. The highest BCUT2D eigenvalue weighted by molar-refractivity contribution is 6.37. The first kappa shape index (κ1) is 94.0. The third kappa shape index (κ3) is 22.7. The van der Waals surface area contributed by atoms with Gasteiger partial charge in [-0.05, 0) is 170 Å². The zero-order valence-electron chi connectivity index (χ0n) is 76.6. The molecule has 704 valence electrons. The zero-order valence-corrected chi connectivity index (χ0v) is 79.6. The van der Waals surface area contributed by atoms with Crippen molar-refractivity contribution >= 4 is 160 Å². The Bertz CT molecular complexity index is 7000. The Kier molecular flexibility index (Phi) is 28.7. The maximum atomic E-state index is 13.3. The molecular weight excluding hydrogens is 1810 g/mol. The van der Waals surface area contributed by atoms with Crippen LogP contribution in [0.25, 0.3) is 89.2 Å². The van der Waals surface area contributed by atoms with E-state index in [1.807, 2.05) is 150 Å². The summed E-state index contributed by atoms with van der Waals surface area (Å²) in [6.45, 7) is 18.7. The number of H-pyrrole nitrogens is 4. The first-order chi connectivity index (χ1) is 65.6. The highest BCUT2D eigenvalue weighted by Crippen LogP contribution is 2.41. The first-order valence-electron chi connectivity index (χ1n) is 44.9. The minimum atomic E-state index is -0.726. The van der Waals surface area contributed by atoms with Crippen LogP contribution in [0.3, 0.4) is 0 Å². The lowest BCUT2D eigenvalue weighted by molar-refractivity contribution is 0.0130. The highest BCUT2D eigenvalue weighted by Gasteiger charge is 2.48. The molecule has 4 aromatic carbocycles. The predicted octanol–water partition coefficient (Wildman–Crippen LogP) is 15.2. The van der Waals surface area contributed by atoms with E-state index in [0.717, 1.165) is 182 Å². The average molecular weight is 1920 g/mol. The second-order valence-electron chi connectivity index (χ2n) is 35.1. The van der Waals surface area contributed by atoms with E-state index in [4.69, 9.17) is 46.4 Å². The molecular formula is C95H105Cl4FN32O4. The number of imidazole rings is 4. The van der Waals surface area contributed by atoms with E-state index in [1.54, 1.807) is 92.6 Å². The standard InChI is InChI=1S/C25H27ClN8O.C24H26ClFN8O.C24H27ClN8O.C22H25ClN8O/c1-3-33-12-25(13-33)5-7-34(14-25)23(35)20-9-16-8-17(10-18(26)22(16)30-20)29-24-27-6-4-19(31-24)21-11-32(2)15-28-21;1-33-13-21(29-14-33)19-3-6-28-24(32-19)30-17-9-15-10-20(31-22(15)18(25)11-17)23(35)27-5-2-7-34-8-4-16(26)12-34;1-15(2)32-6-8-33(9-7-32)23(34)20-11-16-10-17(12-18(25)22(16)29-20)28-24-26-5-4-19(30-24)21-13-31(3)14-27-21;1-30(2)8-4-6-24-21(32)18-10-14-9-15(11-16(23)20(14)28-18)27-22-25-7-5-17(29-22)19-12-31(3)13-26-19/h4,6,8-11,15,30H,3,5,7,12-14H2,1-2H3,(H,27,29,31);3,6,9-11,13-14,16,31H,2,4-5,7-8,12H2,1H3,(H,27,35)(H,28,30,32);4-5,10-15,29H,6-9H2,1-3H3,(H,26,28,30);5,7,9-13,28H,4,6,8H2,1-3H3,(H,24,32)(H,25,27,29)/t;16-;;/m.1../s1. The largest absolute Gasteiger partial charge is 0.351 e. The molecule has 0 radical (unpaired) electrons. The molecule has 12 aromatic heterocycles. The van der Waals surface area contributed by atoms with Crippen LogP contribution < -0.4 is 31.9 Å². The van der Waals surface area contributed by atoms with E-state index in [2.05, 4.69) is 152 Å². The van der Waals surface area contributed by atoms with Crippen LogP contribution in [0.5, 0.6) is 0 Å². The number of likely N-dealkylation sites (tertiary alicyclic amines) is 3. The number of nitrogens with one attached hydrogen (secondary N) is 10. The van der Waals surface area contributed by atoms with Gasteiger partial charge in [-0.25, -0.2) is 64.2 Å². The van der Waals surface area contributed by atoms with Gasteiger partial charge in [0.25, 0.3) is 23.6 Å². The lowest BCUT2D eigenvalue weighted by Gasteiger charge is -2.47. The van der Waals surface area contributed by atoms with Crippen molar-refractivity contribution in [1.82, 2.24) is 138 Å². The summed E-state index contributed by atoms with van der Waals surface area (Å²) in [5, 5.41) is 24.0. The van der Waals surface area contributed by atoms with Crippen LogP contribution in [-0.2, 0) is 28.2 Å². The molecule has 1 atom stereocenters. The molecule has 136 heavy (non-hydrogen) atoms. The molecule has 41 heteroatoms. The van der Waals surface area contributed by atoms with Gasteiger partial charge in [0.2, 0.25) is 23.8 Å². The molecule has 4 aliphatic rings. The van der Waals surface area contributed by atoms with Gasteiger partial charge in [0, 0.05) is 212 Å². The number of alkyl halides is 1. The molecule has 4 fully saturated rings. The fourth-order valence-electron chi connectivity index (χ4n) is 17.1. The maximum Gasteiger partial charge on any atom is 0.270 e. The van der Waals surface area contributed by atoms with Gasteiger partial charge in [0.15, 0.2) is 0 Å². The van der Waals surface area contributed by atoms with Crippen LogP contribution in [-0.4, -0.2) is 276 Å². The molecule has 4 aliphatic heterocycles. The van der Waals surface area contributed by atoms with Crippen molar-refractivity contribution in [2.75, 3.05) is 134 Å². The summed E-state index contributed by atoms with van der Waals surface area (Å²) in [7, 11) is 11.6. The number of nitrogens with zero attached hydrogens (tertiary/aromatic N) is 22. The monoisotopic (exact) mass is 1920 g/mol. The van der Waals surface area contributed by atoms with Crippen molar-refractivity contribution in [2.45, 2.75) is 58.7 Å². The van der Waals surface area contributed by atoms with E-state index in [1.165, 1.54) is 0 Å². The number of aromatic amines is 4. The van der Waals surface area contributed by atoms with Gasteiger partial charge < -0.3 is 94.6 Å². The number of anilines is 8. The van der Waals surface area contributed by atoms with Crippen LogP contribution in [0.1, 0.15) is 88.4 Å². The van der Waals surface area contributed by atoms with Crippen LogP contribution >= 0.6 is 46.4 Å². The molecule has 0 aliphatic carbocycles. The molecule has 0 bridgehead atoms. The van der Waals surface area contributed by atoms with Crippen LogP contribution in [0.15, 0.2) is 172 Å². The number of benzene rings is 4. The van der Waals surface area contributed by atoms with Crippen molar-refractivity contribution in [3.05, 3.63) is 215 Å². The Labute approximate surface area is 803 Å². The van der Waals surface area contributed by atoms with Gasteiger partial charge in [-0.3, -0.25) is 24.1 Å². The topological polar surface area (TPSA) is 397 Å². The fraction of sp³-hybridized carbons (Fsp3) is 0.326. The van der Waals surface area contributed by atoms with Crippen LogP contribution in [0.4, 0.5) is 50.9 Å². The third-order valence-electron chi connectivity index (χ3n) is 24.0. The quantitative estimate of drug-likeness (QED) is 0.0225. The molecule has 0 unspecified atom stereocenters. The Hall–Kier alpha value is -13.8.